The predicted molar refractivity (Wildman–Crippen MR) is 150 cm³/mol. The van der Waals surface area contributed by atoms with Crippen LogP contribution >= 0.6 is 0 Å². The van der Waals surface area contributed by atoms with Gasteiger partial charge < -0.3 is 19.5 Å². The first-order valence-corrected chi connectivity index (χ1v) is 13.8. The van der Waals surface area contributed by atoms with Crippen molar-refractivity contribution in [3.63, 3.8) is 0 Å². The van der Waals surface area contributed by atoms with Crippen molar-refractivity contribution in [3.05, 3.63) is 77.1 Å². The molecule has 40 heavy (non-hydrogen) atoms. The Bertz CT molecular complexity index is 1350. The molecule has 0 saturated heterocycles. The van der Waals surface area contributed by atoms with Crippen molar-refractivity contribution in [2.24, 2.45) is 5.92 Å². The third kappa shape index (κ3) is 5.38. The number of methoxy groups -OCH3 is 1. The first-order chi connectivity index (χ1) is 19.3. The lowest BCUT2D eigenvalue weighted by Crippen LogP contribution is -2.62. The molecule has 1 amide bonds. The van der Waals surface area contributed by atoms with E-state index < -0.39 is 17.6 Å². The van der Waals surface area contributed by atoms with Crippen molar-refractivity contribution in [3.8, 4) is 11.8 Å². The lowest BCUT2D eigenvalue weighted by Gasteiger charge is -2.46. The summed E-state index contributed by atoms with van der Waals surface area (Å²) in [7, 11) is 1.62. The Balaban J connectivity index is 1.65. The zero-order valence-electron chi connectivity index (χ0n) is 23.2. The van der Waals surface area contributed by atoms with Gasteiger partial charge in [-0.3, -0.25) is 10.1 Å². The van der Waals surface area contributed by atoms with E-state index in [4.69, 9.17) is 9.47 Å². The summed E-state index contributed by atoms with van der Waals surface area (Å²) in [6.07, 6.45) is 3.31. The molecule has 9 nitrogen and oxygen atoms in total. The number of aliphatic carboxylic acids is 1. The normalized spacial score (nSPS) is 20.4. The molecule has 5 rings (SSSR count). The Hall–Kier alpha value is -3.98. The van der Waals surface area contributed by atoms with Gasteiger partial charge in [-0.25, -0.2) is 14.8 Å². The minimum atomic E-state index is -1.37. The number of ether oxygens (including phenoxy) is 2. The molecule has 0 bridgehead atoms. The van der Waals surface area contributed by atoms with Crippen molar-refractivity contribution >= 4 is 17.6 Å². The van der Waals surface area contributed by atoms with E-state index >= 15 is 0 Å². The fourth-order valence-electron chi connectivity index (χ4n) is 6.25. The van der Waals surface area contributed by atoms with Gasteiger partial charge in [-0.05, 0) is 62.4 Å². The minimum Gasteiger partial charge on any atom is -0.497 e. The summed E-state index contributed by atoms with van der Waals surface area (Å²) in [6.45, 7) is 3.94. The highest BCUT2D eigenvalue weighted by molar-refractivity contribution is 5.97. The van der Waals surface area contributed by atoms with Crippen molar-refractivity contribution in [2.45, 2.75) is 64.1 Å². The Morgan fingerprint density at radius 1 is 1.07 bits per heavy atom. The van der Waals surface area contributed by atoms with Gasteiger partial charge in [0.05, 0.1) is 25.7 Å². The maximum absolute atomic E-state index is 13.7. The number of benzene rings is 2. The zero-order chi connectivity index (χ0) is 28.3. The average molecular weight is 545 g/mol. The fourth-order valence-corrected chi connectivity index (χ4v) is 6.25. The highest BCUT2D eigenvalue weighted by atomic mass is 16.5. The number of carboxylic acids is 1. The number of anilines is 1. The van der Waals surface area contributed by atoms with Crippen molar-refractivity contribution in [2.75, 3.05) is 18.6 Å². The summed E-state index contributed by atoms with van der Waals surface area (Å²) < 4.78 is 11.5. The lowest BCUT2D eigenvalue weighted by atomic mass is 9.67. The van der Waals surface area contributed by atoms with E-state index in [9.17, 15) is 14.7 Å². The van der Waals surface area contributed by atoms with Gasteiger partial charge in [0.15, 0.2) is 0 Å². The summed E-state index contributed by atoms with van der Waals surface area (Å²) in [6, 6.07) is 17.0. The van der Waals surface area contributed by atoms with Crippen molar-refractivity contribution in [1.82, 2.24) is 15.3 Å². The summed E-state index contributed by atoms with van der Waals surface area (Å²) in [4.78, 5) is 37.4. The number of carbonyl (C=O) groups is 2. The smallest absolute Gasteiger partial charge is 0.347 e. The number of rotatable bonds is 8. The molecule has 1 saturated carbocycles. The Morgan fingerprint density at radius 3 is 2.40 bits per heavy atom. The molecule has 2 atom stereocenters. The van der Waals surface area contributed by atoms with Crippen LogP contribution in [0.2, 0.25) is 0 Å². The van der Waals surface area contributed by atoms with Crippen LogP contribution in [-0.2, 0) is 21.7 Å². The number of carboxylic acid groups (broad SMARTS) is 1. The lowest BCUT2D eigenvalue weighted by molar-refractivity contribution is -0.153. The summed E-state index contributed by atoms with van der Waals surface area (Å²) in [5.74, 6) is -0.623. The van der Waals surface area contributed by atoms with Gasteiger partial charge >= 0.3 is 12.0 Å². The molecule has 1 aliphatic heterocycles. The Kier molecular flexibility index (Phi) is 8.02. The van der Waals surface area contributed by atoms with E-state index in [1.807, 2.05) is 68.4 Å². The number of aromatic nitrogens is 2. The highest BCUT2D eigenvalue weighted by Crippen LogP contribution is 2.47. The van der Waals surface area contributed by atoms with E-state index in [-0.39, 0.29) is 24.4 Å². The van der Waals surface area contributed by atoms with Gasteiger partial charge in [-0.1, -0.05) is 49.6 Å². The standard InChI is InChI=1S/C31H36N4O5/c1-20-17-21(2)34-30(33-20)40-28(29(37)38)31(23-9-5-4-6-10-23)25-11-7-8-12-26(25)35(27(36)18-32-31)19-22-13-15-24(39-3)16-14-22/h7-8,11-17,23,28,32H,4-6,9-10,18-19H2,1-3H3,(H,37,38)/t28-,31+/m1/s1. The van der Waals surface area contributed by atoms with Crippen LogP contribution in [0.3, 0.4) is 0 Å². The number of hydrogen-bond acceptors (Lipinski definition) is 7. The number of nitrogens with one attached hydrogen (secondary N) is 1. The van der Waals surface area contributed by atoms with Gasteiger partial charge in [0.2, 0.25) is 12.0 Å². The molecule has 1 aliphatic carbocycles. The van der Waals surface area contributed by atoms with Crippen LogP contribution in [0.15, 0.2) is 54.6 Å². The summed E-state index contributed by atoms with van der Waals surface area (Å²) >= 11 is 0. The maximum atomic E-state index is 13.7. The molecule has 9 heteroatoms. The minimum absolute atomic E-state index is 0.0185. The molecule has 210 valence electrons. The van der Waals surface area contributed by atoms with Crippen LogP contribution in [0.4, 0.5) is 5.69 Å². The molecule has 2 N–H and O–H groups in total. The highest BCUT2D eigenvalue weighted by Gasteiger charge is 2.55. The van der Waals surface area contributed by atoms with Gasteiger partial charge in [0.25, 0.3) is 0 Å². The average Bonchev–Trinajstić information content (AvgIpc) is 3.07. The third-order valence-corrected chi connectivity index (χ3v) is 8.05. The van der Waals surface area contributed by atoms with Crippen LogP contribution in [0, 0.1) is 19.8 Å². The second-order valence-electron chi connectivity index (χ2n) is 10.7. The predicted octanol–water partition coefficient (Wildman–Crippen LogP) is 4.55. The molecule has 0 radical (unpaired) electrons. The first kappa shape index (κ1) is 27.6. The van der Waals surface area contributed by atoms with E-state index in [1.54, 1.807) is 12.0 Å². The maximum Gasteiger partial charge on any atom is 0.347 e. The monoisotopic (exact) mass is 544 g/mol. The van der Waals surface area contributed by atoms with Crippen LogP contribution in [0.1, 0.15) is 54.6 Å². The molecular formula is C31H36N4O5. The molecule has 2 heterocycles. The molecule has 3 aromatic rings. The molecule has 1 fully saturated rings. The topological polar surface area (TPSA) is 114 Å². The first-order valence-electron chi connectivity index (χ1n) is 13.8. The SMILES string of the molecule is COc1ccc(CN2C(=O)CN[C@](C3CCCCC3)([C@H](Oc3nc(C)cc(C)n3)C(=O)O)c3ccccc32)cc1. The van der Waals surface area contributed by atoms with Gasteiger partial charge in [0, 0.05) is 22.6 Å². The number of para-hydroxylation sites is 1. The van der Waals surface area contributed by atoms with Crippen LogP contribution in [0.5, 0.6) is 11.8 Å². The molecular weight excluding hydrogens is 508 g/mol. The van der Waals surface area contributed by atoms with E-state index in [2.05, 4.69) is 15.3 Å². The number of hydrogen-bond donors (Lipinski definition) is 2. The second-order valence-corrected chi connectivity index (χ2v) is 10.7. The summed E-state index contributed by atoms with van der Waals surface area (Å²) in [5, 5.41) is 14.2. The van der Waals surface area contributed by atoms with Crippen LogP contribution in [0.25, 0.3) is 0 Å². The number of fused-ring (bicyclic) bond motifs is 1. The molecule has 1 aromatic heterocycles. The molecule has 2 aliphatic rings. The van der Waals surface area contributed by atoms with Crippen molar-refractivity contribution < 1.29 is 24.2 Å². The molecule has 0 spiro atoms. The number of amides is 1. The zero-order valence-corrected chi connectivity index (χ0v) is 23.2. The van der Waals surface area contributed by atoms with Gasteiger partial charge in [-0.15, -0.1) is 0 Å². The summed E-state index contributed by atoms with van der Waals surface area (Å²) in [5.41, 5.74) is 2.53. The quantitative estimate of drug-likeness (QED) is 0.425. The van der Waals surface area contributed by atoms with E-state index in [0.717, 1.165) is 49.0 Å². The van der Waals surface area contributed by atoms with Gasteiger partial charge in [-0.2, -0.15) is 0 Å². The Labute approximate surface area is 234 Å². The number of nitrogens with zero attached hydrogens (tertiary/aromatic N) is 3. The number of carbonyl (C=O) groups excluding carboxylic acids is 1. The third-order valence-electron chi connectivity index (χ3n) is 8.05. The number of aryl methyl sites for hydroxylation is 2. The largest absolute Gasteiger partial charge is 0.497 e. The van der Waals surface area contributed by atoms with Crippen LogP contribution in [-0.4, -0.2) is 46.7 Å². The van der Waals surface area contributed by atoms with E-state index in [1.165, 1.54) is 0 Å². The molecule has 0 unspecified atom stereocenters. The van der Waals surface area contributed by atoms with Crippen molar-refractivity contribution in [1.29, 1.82) is 0 Å². The van der Waals surface area contributed by atoms with Crippen LogP contribution < -0.4 is 19.7 Å². The molecule has 2 aromatic carbocycles. The Morgan fingerprint density at radius 2 is 1.75 bits per heavy atom. The second kappa shape index (κ2) is 11.6. The van der Waals surface area contributed by atoms with E-state index in [0.29, 0.717) is 23.6 Å². The fraction of sp³-hybridized carbons (Fsp3) is 0.419. The van der Waals surface area contributed by atoms with Gasteiger partial charge in [0.1, 0.15) is 5.75 Å².